The maximum atomic E-state index is 5.57. The predicted molar refractivity (Wildman–Crippen MR) is 110 cm³/mol. The molecule has 1 rings (SSSR count). The van der Waals surface area contributed by atoms with E-state index in [0.29, 0.717) is 4.75 Å². The van der Waals surface area contributed by atoms with Gasteiger partial charge in [-0.15, -0.1) is 24.0 Å². The van der Waals surface area contributed by atoms with Crippen LogP contribution in [0, 0.1) is 0 Å². The van der Waals surface area contributed by atoms with Crippen molar-refractivity contribution in [2.45, 2.75) is 57.6 Å². The van der Waals surface area contributed by atoms with E-state index >= 15 is 0 Å². The van der Waals surface area contributed by atoms with Crippen molar-refractivity contribution in [1.29, 1.82) is 0 Å². The third-order valence-corrected chi connectivity index (χ3v) is 5.14. The standard InChI is InChI=1S/C16H33N3OS.HI/c1-4-6-11-20-12-8-10-18-15(17-5-2)19-14-16(3)9-7-13-21-16;/h4-14H2,1-3H3,(H2,17,18,19);1H. The molecule has 0 aromatic heterocycles. The lowest BCUT2D eigenvalue weighted by Crippen LogP contribution is -2.39. The minimum atomic E-state index is 0. The number of ether oxygens (including phenoxy) is 1. The van der Waals surface area contributed by atoms with Crippen molar-refractivity contribution in [3.63, 3.8) is 0 Å². The van der Waals surface area contributed by atoms with Gasteiger partial charge in [0.05, 0.1) is 6.54 Å². The molecule has 22 heavy (non-hydrogen) atoms. The number of thioether (sulfide) groups is 1. The first-order chi connectivity index (χ1) is 10.2. The van der Waals surface area contributed by atoms with Gasteiger partial charge in [-0.3, -0.25) is 4.99 Å². The fourth-order valence-corrected chi connectivity index (χ4v) is 3.51. The number of halogens is 1. The van der Waals surface area contributed by atoms with Gasteiger partial charge in [0.15, 0.2) is 5.96 Å². The fraction of sp³-hybridized carbons (Fsp3) is 0.938. The first-order valence-electron chi connectivity index (χ1n) is 8.44. The zero-order valence-electron chi connectivity index (χ0n) is 14.5. The second-order valence-corrected chi connectivity index (χ2v) is 7.53. The molecule has 2 N–H and O–H groups in total. The van der Waals surface area contributed by atoms with Gasteiger partial charge in [0, 0.05) is 31.1 Å². The lowest BCUT2D eigenvalue weighted by Gasteiger charge is -2.21. The Morgan fingerprint density at radius 2 is 2.00 bits per heavy atom. The Labute approximate surface area is 158 Å². The molecule has 1 aliphatic rings. The van der Waals surface area contributed by atoms with E-state index in [1.165, 1.54) is 25.0 Å². The summed E-state index contributed by atoms with van der Waals surface area (Å²) in [6.45, 7) is 11.1. The van der Waals surface area contributed by atoms with Crippen molar-refractivity contribution >= 4 is 41.7 Å². The van der Waals surface area contributed by atoms with E-state index in [0.717, 1.165) is 51.6 Å². The number of nitrogens with one attached hydrogen (secondary N) is 2. The minimum Gasteiger partial charge on any atom is -0.381 e. The van der Waals surface area contributed by atoms with Crippen LogP contribution in [0.1, 0.15) is 52.9 Å². The molecule has 132 valence electrons. The highest BCUT2D eigenvalue weighted by molar-refractivity contribution is 14.0. The van der Waals surface area contributed by atoms with Gasteiger partial charge in [-0.25, -0.2) is 0 Å². The molecule has 4 nitrogen and oxygen atoms in total. The molecular formula is C16H34IN3OS. The molecule has 0 aromatic carbocycles. The van der Waals surface area contributed by atoms with Crippen molar-refractivity contribution in [3.8, 4) is 0 Å². The van der Waals surface area contributed by atoms with E-state index in [2.05, 4.69) is 43.2 Å². The molecule has 1 unspecified atom stereocenters. The SMILES string of the molecule is CCCCOCCCNC(=NCC1(C)CCCS1)NCC.I. The first-order valence-corrected chi connectivity index (χ1v) is 9.42. The molecule has 6 heteroatoms. The average molecular weight is 443 g/mol. The Balaban J connectivity index is 0.00000441. The summed E-state index contributed by atoms with van der Waals surface area (Å²) in [5.74, 6) is 2.23. The highest BCUT2D eigenvalue weighted by Crippen LogP contribution is 2.37. The Bertz CT molecular complexity index is 297. The molecular weight excluding hydrogens is 409 g/mol. The summed E-state index contributed by atoms with van der Waals surface area (Å²) in [5, 5.41) is 6.73. The van der Waals surface area contributed by atoms with Crippen LogP contribution in [0.2, 0.25) is 0 Å². The van der Waals surface area contributed by atoms with Gasteiger partial charge in [0.25, 0.3) is 0 Å². The highest BCUT2D eigenvalue weighted by Gasteiger charge is 2.29. The van der Waals surface area contributed by atoms with Gasteiger partial charge in [0.1, 0.15) is 0 Å². The van der Waals surface area contributed by atoms with Crippen LogP contribution in [-0.2, 0) is 4.74 Å². The lowest BCUT2D eigenvalue weighted by molar-refractivity contribution is 0.129. The van der Waals surface area contributed by atoms with E-state index < -0.39 is 0 Å². The molecule has 1 saturated heterocycles. The quantitative estimate of drug-likeness (QED) is 0.234. The number of unbranched alkanes of at least 4 members (excludes halogenated alkanes) is 1. The Morgan fingerprint density at radius 1 is 1.23 bits per heavy atom. The third-order valence-electron chi connectivity index (χ3n) is 3.62. The maximum Gasteiger partial charge on any atom is 0.191 e. The Kier molecular flexibility index (Phi) is 13.9. The lowest BCUT2D eigenvalue weighted by atomic mass is 10.1. The van der Waals surface area contributed by atoms with E-state index in [1.807, 2.05) is 0 Å². The highest BCUT2D eigenvalue weighted by atomic mass is 127. The summed E-state index contributed by atoms with van der Waals surface area (Å²) in [7, 11) is 0. The van der Waals surface area contributed by atoms with Crippen molar-refractivity contribution in [2.75, 3.05) is 38.6 Å². The number of rotatable bonds is 10. The van der Waals surface area contributed by atoms with E-state index in [9.17, 15) is 0 Å². The summed E-state index contributed by atoms with van der Waals surface area (Å²) < 4.78 is 5.91. The van der Waals surface area contributed by atoms with E-state index in [1.54, 1.807) is 0 Å². The average Bonchev–Trinajstić information content (AvgIpc) is 2.91. The van der Waals surface area contributed by atoms with Crippen molar-refractivity contribution in [3.05, 3.63) is 0 Å². The fourth-order valence-electron chi connectivity index (χ4n) is 2.28. The molecule has 0 aliphatic carbocycles. The van der Waals surface area contributed by atoms with Crippen LogP contribution in [0.15, 0.2) is 4.99 Å². The Morgan fingerprint density at radius 3 is 2.64 bits per heavy atom. The Hall–Kier alpha value is 0.310. The topological polar surface area (TPSA) is 45.6 Å². The van der Waals surface area contributed by atoms with Gasteiger partial charge in [-0.2, -0.15) is 11.8 Å². The van der Waals surface area contributed by atoms with E-state index in [-0.39, 0.29) is 24.0 Å². The number of nitrogens with zero attached hydrogens (tertiary/aromatic N) is 1. The molecule has 0 saturated carbocycles. The largest absolute Gasteiger partial charge is 0.381 e. The molecule has 1 atom stereocenters. The molecule has 1 heterocycles. The molecule has 0 spiro atoms. The number of hydrogen-bond acceptors (Lipinski definition) is 3. The molecule has 0 aromatic rings. The van der Waals surface area contributed by atoms with Gasteiger partial charge < -0.3 is 15.4 Å². The summed E-state index contributed by atoms with van der Waals surface area (Å²) in [6.07, 6.45) is 6.00. The van der Waals surface area contributed by atoms with Crippen LogP contribution in [-0.4, -0.2) is 49.3 Å². The van der Waals surface area contributed by atoms with Crippen molar-refractivity contribution in [1.82, 2.24) is 10.6 Å². The second kappa shape index (κ2) is 13.7. The van der Waals surface area contributed by atoms with Crippen molar-refractivity contribution < 1.29 is 4.74 Å². The van der Waals surface area contributed by atoms with Crippen LogP contribution in [0.5, 0.6) is 0 Å². The van der Waals surface area contributed by atoms with Crippen LogP contribution in [0.4, 0.5) is 0 Å². The van der Waals surface area contributed by atoms with Crippen LogP contribution in [0.25, 0.3) is 0 Å². The smallest absolute Gasteiger partial charge is 0.191 e. The summed E-state index contributed by atoms with van der Waals surface area (Å²) in [4.78, 5) is 4.75. The van der Waals surface area contributed by atoms with Crippen molar-refractivity contribution in [2.24, 2.45) is 4.99 Å². The predicted octanol–water partition coefficient (Wildman–Crippen LogP) is 3.65. The zero-order chi connectivity index (χ0) is 15.4. The first kappa shape index (κ1) is 22.3. The number of aliphatic imine (C=N–C) groups is 1. The maximum absolute atomic E-state index is 5.57. The van der Waals surface area contributed by atoms with E-state index in [4.69, 9.17) is 9.73 Å². The summed E-state index contributed by atoms with van der Waals surface area (Å²) >= 11 is 2.06. The molecule has 0 bridgehead atoms. The van der Waals surface area contributed by atoms with Gasteiger partial charge in [0.2, 0.25) is 0 Å². The monoisotopic (exact) mass is 443 g/mol. The summed E-state index contributed by atoms with van der Waals surface area (Å²) in [6, 6.07) is 0. The zero-order valence-corrected chi connectivity index (χ0v) is 17.6. The normalized spacial score (nSPS) is 21.5. The second-order valence-electron chi connectivity index (χ2n) is 5.84. The van der Waals surface area contributed by atoms with Gasteiger partial charge in [-0.05, 0) is 45.3 Å². The summed E-state index contributed by atoms with van der Waals surface area (Å²) in [5.41, 5.74) is 0. The molecule has 1 fully saturated rings. The van der Waals surface area contributed by atoms with Crippen LogP contribution >= 0.6 is 35.7 Å². The van der Waals surface area contributed by atoms with Crippen LogP contribution < -0.4 is 10.6 Å². The number of hydrogen-bond donors (Lipinski definition) is 2. The molecule has 1 aliphatic heterocycles. The molecule has 0 amide bonds. The molecule has 0 radical (unpaired) electrons. The minimum absolute atomic E-state index is 0. The van der Waals surface area contributed by atoms with Crippen LogP contribution in [0.3, 0.4) is 0 Å². The number of guanidine groups is 1. The van der Waals surface area contributed by atoms with Gasteiger partial charge in [-0.1, -0.05) is 13.3 Å². The van der Waals surface area contributed by atoms with Gasteiger partial charge >= 0.3 is 0 Å². The third kappa shape index (κ3) is 10.2.